The van der Waals surface area contributed by atoms with Crippen molar-refractivity contribution in [2.24, 2.45) is 5.92 Å². The van der Waals surface area contributed by atoms with Gasteiger partial charge in [0.15, 0.2) is 0 Å². The van der Waals surface area contributed by atoms with Crippen molar-refractivity contribution >= 4 is 156 Å². The number of anilines is 12. The molecular formula is C123H114B2N4S2. The van der Waals surface area contributed by atoms with Gasteiger partial charge in [0.1, 0.15) is 0 Å². The van der Waals surface area contributed by atoms with Crippen molar-refractivity contribution in [3.63, 3.8) is 0 Å². The molecule has 15 aromatic carbocycles. The number of hydrogen-bond donors (Lipinski definition) is 0. The number of hydrogen-bond acceptors (Lipinski definition) is 6. The lowest BCUT2D eigenvalue weighted by Gasteiger charge is -2.50. The van der Waals surface area contributed by atoms with Crippen LogP contribution < -0.4 is 52.4 Å². The normalized spacial score (nSPS) is 16.5. The molecule has 644 valence electrons. The first kappa shape index (κ1) is 82.9. The molecule has 0 radical (unpaired) electrons. The topological polar surface area (TPSA) is 13.0 Å². The summed E-state index contributed by atoms with van der Waals surface area (Å²) < 4.78 is 2.71. The molecule has 4 nitrogen and oxygen atoms in total. The van der Waals surface area contributed by atoms with E-state index >= 15 is 0 Å². The van der Waals surface area contributed by atoms with Gasteiger partial charge in [-0.3, -0.25) is 0 Å². The fourth-order valence-electron chi connectivity index (χ4n) is 23.7. The Morgan fingerprint density at radius 3 is 1.30 bits per heavy atom. The number of fused-ring (bicyclic) bond motifs is 14. The molecule has 17 aromatic rings. The van der Waals surface area contributed by atoms with E-state index in [0.717, 1.165) is 37.1 Å². The van der Waals surface area contributed by atoms with Gasteiger partial charge in [-0.25, -0.2) is 0 Å². The van der Waals surface area contributed by atoms with Crippen LogP contribution in [0.3, 0.4) is 0 Å². The van der Waals surface area contributed by atoms with Gasteiger partial charge in [0, 0.05) is 66.1 Å². The highest BCUT2D eigenvalue weighted by atomic mass is 32.1. The van der Waals surface area contributed by atoms with E-state index in [0.29, 0.717) is 0 Å². The van der Waals surface area contributed by atoms with Gasteiger partial charge in [0.2, 0.25) is 0 Å². The third-order valence-corrected chi connectivity index (χ3v) is 33.5. The van der Waals surface area contributed by atoms with Crippen molar-refractivity contribution in [2.45, 2.75) is 181 Å². The van der Waals surface area contributed by atoms with Crippen LogP contribution >= 0.6 is 22.7 Å². The molecule has 0 saturated carbocycles. The predicted octanol–water partition coefficient (Wildman–Crippen LogP) is 30.8. The highest BCUT2D eigenvalue weighted by Gasteiger charge is 2.53. The molecule has 1 atom stereocenters. The molecule has 0 N–H and O–H groups in total. The SMILES string of the molecule is Cc1cc2c3c(c1)N(c1ccc(C(C)(C)C)cc1-c1ccccc1)c1sc4cc5c(cc4c1B3c1cc(-c3ccccc3)ccc1N2c1ccc(-c2ccccc2)cc1)C(C)(C)C(CC(C)(C)c1cc2c3c(c1)N(c1ccc(C(C)(C)C)cc1)c1sc4cc6c(cc4c1B3c1ccc(-c3ccccc3)cc1N2c1cccc(-c2ccccc2)c1)C(C)(C)CCC6(C)C)CC5(C)C. The maximum Gasteiger partial charge on any atom is 0.254 e. The Hall–Kier alpha value is -12.5. The molecule has 2 aliphatic carbocycles. The van der Waals surface area contributed by atoms with Crippen molar-refractivity contribution in [3.8, 4) is 55.6 Å². The summed E-state index contributed by atoms with van der Waals surface area (Å²) in [6, 6.07) is 127. The Balaban J connectivity index is 0.738. The third kappa shape index (κ3) is 13.5. The summed E-state index contributed by atoms with van der Waals surface area (Å²) in [6.07, 6.45) is 4.28. The van der Waals surface area contributed by atoms with Gasteiger partial charge in [-0.2, -0.15) is 0 Å². The van der Waals surface area contributed by atoms with Crippen molar-refractivity contribution in [2.75, 3.05) is 19.6 Å². The van der Waals surface area contributed by atoms with E-state index in [1.165, 1.54) is 209 Å². The van der Waals surface area contributed by atoms with Crippen LogP contribution in [0.2, 0.25) is 0 Å². The minimum absolute atomic E-state index is 0.00714. The zero-order chi connectivity index (χ0) is 90.1. The van der Waals surface area contributed by atoms with Crippen LogP contribution in [0.15, 0.2) is 328 Å². The second-order valence-electron chi connectivity index (χ2n) is 43.9. The Bertz CT molecular complexity index is 7470. The van der Waals surface area contributed by atoms with Crippen molar-refractivity contribution in [3.05, 3.63) is 372 Å². The first-order chi connectivity index (χ1) is 62.8. The monoisotopic (exact) mass is 1730 g/mol. The van der Waals surface area contributed by atoms with E-state index in [1.807, 2.05) is 22.7 Å². The summed E-state index contributed by atoms with van der Waals surface area (Å²) in [6.45, 7) is 41.9. The van der Waals surface area contributed by atoms with Crippen LogP contribution in [0, 0.1) is 12.8 Å². The van der Waals surface area contributed by atoms with E-state index in [1.54, 1.807) is 0 Å². The van der Waals surface area contributed by atoms with Gasteiger partial charge in [0.25, 0.3) is 13.4 Å². The average Bonchev–Trinajstić information content (AvgIpc) is 1.60. The Morgan fingerprint density at radius 2 is 0.725 bits per heavy atom. The lowest BCUT2D eigenvalue weighted by atomic mass is 9.33. The summed E-state index contributed by atoms with van der Waals surface area (Å²) >= 11 is 4.03. The molecule has 4 aliphatic heterocycles. The molecule has 2 aromatic heterocycles. The molecule has 6 heterocycles. The maximum atomic E-state index is 2.77. The van der Waals surface area contributed by atoms with E-state index in [-0.39, 0.29) is 57.2 Å². The third-order valence-electron chi connectivity index (χ3n) is 31.2. The van der Waals surface area contributed by atoms with Crippen molar-refractivity contribution in [1.82, 2.24) is 0 Å². The van der Waals surface area contributed by atoms with Gasteiger partial charge in [-0.15, -0.1) is 22.7 Å². The summed E-state index contributed by atoms with van der Waals surface area (Å²) in [5, 5.41) is 5.34. The summed E-state index contributed by atoms with van der Waals surface area (Å²) in [7, 11) is 0. The van der Waals surface area contributed by atoms with Gasteiger partial charge in [-0.1, -0.05) is 329 Å². The second-order valence-corrected chi connectivity index (χ2v) is 46.0. The molecule has 0 fully saturated rings. The molecule has 0 spiro atoms. The van der Waals surface area contributed by atoms with Gasteiger partial charge in [0.05, 0.1) is 15.7 Å². The molecule has 1 unspecified atom stereocenters. The van der Waals surface area contributed by atoms with Crippen LogP contribution in [0.1, 0.15) is 181 Å². The van der Waals surface area contributed by atoms with Crippen LogP contribution in [-0.2, 0) is 37.9 Å². The quantitative estimate of drug-likeness (QED) is 0.113. The Morgan fingerprint density at radius 1 is 0.305 bits per heavy atom. The summed E-state index contributed by atoms with van der Waals surface area (Å²) in [5.74, 6) is 0.252. The molecule has 131 heavy (non-hydrogen) atoms. The predicted molar refractivity (Wildman–Crippen MR) is 568 cm³/mol. The lowest BCUT2D eigenvalue weighted by molar-refractivity contribution is 0.173. The number of rotatable bonds is 12. The second kappa shape index (κ2) is 30.0. The average molecular weight is 1730 g/mol. The highest BCUT2D eigenvalue weighted by Crippen LogP contribution is 2.60. The highest BCUT2D eigenvalue weighted by molar-refractivity contribution is 7.27. The van der Waals surface area contributed by atoms with Crippen LogP contribution in [0.4, 0.5) is 66.9 Å². The lowest BCUT2D eigenvalue weighted by Crippen LogP contribution is -2.61. The number of benzene rings is 15. The largest absolute Gasteiger partial charge is 0.311 e. The van der Waals surface area contributed by atoms with Crippen LogP contribution in [0.5, 0.6) is 0 Å². The summed E-state index contributed by atoms with van der Waals surface area (Å²) in [4.78, 5) is 10.8. The maximum absolute atomic E-state index is 2.77. The fourth-order valence-corrected chi connectivity index (χ4v) is 26.3. The van der Waals surface area contributed by atoms with Gasteiger partial charge in [-0.05, 0) is 324 Å². The van der Waals surface area contributed by atoms with Crippen molar-refractivity contribution < 1.29 is 0 Å². The van der Waals surface area contributed by atoms with E-state index < -0.39 is 0 Å². The minimum Gasteiger partial charge on any atom is -0.311 e. The smallest absolute Gasteiger partial charge is 0.254 e. The van der Waals surface area contributed by atoms with Gasteiger partial charge >= 0.3 is 0 Å². The summed E-state index contributed by atoms with van der Waals surface area (Å²) in [5.41, 5.74) is 42.5. The molecule has 8 heteroatoms. The molecule has 0 amide bonds. The van der Waals surface area contributed by atoms with Crippen molar-refractivity contribution in [1.29, 1.82) is 0 Å². The van der Waals surface area contributed by atoms with Crippen LogP contribution in [0.25, 0.3) is 75.8 Å². The molecule has 23 rings (SSSR count). The van der Waals surface area contributed by atoms with Crippen LogP contribution in [-0.4, -0.2) is 13.4 Å². The zero-order valence-electron chi connectivity index (χ0n) is 78.8. The molecular weight excluding hydrogens is 1620 g/mol. The number of nitrogens with zero attached hydrogens (tertiary/aromatic N) is 4. The standard InChI is InChI=1S/C123H114B2N4S2/c1-76-62-105-113-106(63-76)129(102-59-52-87(118(5,6)7)67-93(102)82-42-31-22-32-43-82)116-112(125(113)101-65-84(79-38-27-20-28-39-79)49-58-103(101)126(105)90-53-46-81(47-54-90)77-34-23-18-24-35-77)95-71-99-98(73-110(95)131-116)122(14,15)75-89(123(99,16)17)74-121(12,13)88-68-107-114-108(69-88)128(91-55-50-86(51-56-91)117(2,3)4)115-111(94-70-96-97(72-109(94)130-115)120(10,11)61-60-119(96,8)9)124(114)100-57-48-85(80-40-29-21-30-41-80)66-104(100)127(107)92-45-33-44-83(64-92)78-36-25-19-26-37-78/h18-59,62-73,89H,60-61,74-75H2,1-17H3. The Kier molecular flexibility index (Phi) is 19.0. The molecule has 0 bridgehead atoms. The molecule has 6 aliphatic rings. The number of aryl methyl sites for hydroxylation is 1. The zero-order valence-corrected chi connectivity index (χ0v) is 80.5. The van der Waals surface area contributed by atoms with E-state index in [4.69, 9.17) is 0 Å². The molecule has 0 saturated heterocycles. The first-order valence-corrected chi connectivity index (χ1v) is 49.2. The van der Waals surface area contributed by atoms with E-state index in [2.05, 4.69) is 465 Å². The van der Waals surface area contributed by atoms with E-state index in [9.17, 15) is 0 Å². The Labute approximate surface area is 784 Å². The first-order valence-electron chi connectivity index (χ1n) is 47.6. The number of thiophene rings is 2. The fraction of sp³-hybridized carbons (Fsp3) is 0.236. The minimum atomic E-state index is -0.377. The van der Waals surface area contributed by atoms with Gasteiger partial charge < -0.3 is 19.6 Å².